The lowest BCUT2D eigenvalue weighted by molar-refractivity contribution is -0.138. The zero-order chi connectivity index (χ0) is 11.1. The Bertz CT molecular complexity index is 456. The van der Waals surface area contributed by atoms with Gasteiger partial charge in [0.15, 0.2) is 0 Å². The number of carboxylic acids is 1. The minimum absolute atomic E-state index is 0.483. The fourth-order valence-electron chi connectivity index (χ4n) is 2.39. The second kappa shape index (κ2) is 3.40. The molecular formula is C12H13NO3. The maximum atomic E-state index is 11.0. The molecule has 4 nitrogen and oxygen atoms in total. The highest BCUT2D eigenvalue weighted by Gasteiger charge is 2.28. The first-order chi connectivity index (χ1) is 7.75. The van der Waals surface area contributed by atoms with Crippen molar-refractivity contribution < 1.29 is 14.6 Å². The highest BCUT2D eigenvalue weighted by Crippen LogP contribution is 2.39. The molecule has 1 unspecified atom stereocenters. The Balaban J connectivity index is 2.02. The van der Waals surface area contributed by atoms with E-state index in [0.717, 1.165) is 29.8 Å². The van der Waals surface area contributed by atoms with Crippen LogP contribution in [0, 0.1) is 0 Å². The van der Waals surface area contributed by atoms with Gasteiger partial charge in [0, 0.05) is 6.42 Å². The van der Waals surface area contributed by atoms with Gasteiger partial charge in [-0.15, -0.1) is 0 Å². The van der Waals surface area contributed by atoms with Crippen LogP contribution in [0.15, 0.2) is 12.1 Å². The highest BCUT2D eigenvalue weighted by molar-refractivity contribution is 5.81. The number of aliphatic carboxylic acids is 1. The summed E-state index contributed by atoms with van der Waals surface area (Å²) < 4.78 is 5.57. The zero-order valence-corrected chi connectivity index (χ0v) is 8.82. The molecule has 0 spiro atoms. The summed E-state index contributed by atoms with van der Waals surface area (Å²) in [6.45, 7) is 0.700. The predicted octanol–water partition coefficient (Wildman–Crippen LogP) is 1.43. The lowest BCUT2D eigenvalue weighted by Gasteiger charge is -2.25. The third-order valence-corrected chi connectivity index (χ3v) is 3.26. The number of carbonyl (C=O) groups is 1. The zero-order valence-electron chi connectivity index (χ0n) is 8.82. The molecule has 0 saturated heterocycles. The SMILES string of the molecule is O=C(O)C1CCc2ccc3c(c2N1)OCC3. The van der Waals surface area contributed by atoms with Crippen molar-refractivity contribution in [2.45, 2.75) is 25.3 Å². The van der Waals surface area contributed by atoms with Gasteiger partial charge in [-0.05, 0) is 24.0 Å². The largest absolute Gasteiger partial charge is 0.491 e. The summed E-state index contributed by atoms with van der Waals surface area (Å²) in [6, 6.07) is 3.68. The Hall–Kier alpha value is -1.71. The molecule has 1 atom stereocenters. The summed E-state index contributed by atoms with van der Waals surface area (Å²) in [6.07, 6.45) is 2.36. The van der Waals surface area contributed by atoms with Gasteiger partial charge < -0.3 is 15.2 Å². The molecule has 2 aliphatic heterocycles. The van der Waals surface area contributed by atoms with Crippen LogP contribution in [0.25, 0.3) is 0 Å². The van der Waals surface area contributed by atoms with Crippen LogP contribution in [0.3, 0.4) is 0 Å². The third-order valence-electron chi connectivity index (χ3n) is 3.26. The molecule has 4 heteroatoms. The number of hydrogen-bond donors (Lipinski definition) is 2. The molecule has 0 fully saturated rings. The second-order valence-corrected chi connectivity index (χ2v) is 4.26. The van der Waals surface area contributed by atoms with Crippen LogP contribution in [0.5, 0.6) is 5.75 Å². The molecule has 3 rings (SSSR count). The number of hydrogen-bond acceptors (Lipinski definition) is 3. The maximum absolute atomic E-state index is 11.0. The molecule has 1 aromatic carbocycles. The van der Waals surface area contributed by atoms with Crippen molar-refractivity contribution in [2.75, 3.05) is 11.9 Å². The van der Waals surface area contributed by atoms with Crippen LogP contribution >= 0.6 is 0 Å². The van der Waals surface area contributed by atoms with E-state index in [1.165, 1.54) is 5.56 Å². The van der Waals surface area contributed by atoms with Gasteiger partial charge in [-0.2, -0.15) is 0 Å². The molecule has 2 heterocycles. The molecule has 2 aliphatic rings. The van der Waals surface area contributed by atoms with E-state index < -0.39 is 12.0 Å². The van der Waals surface area contributed by atoms with Gasteiger partial charge in [0.1, 0.15) is 11.8 Å². The summed E-state index contributed by atoms with van der Waals surface area (Å²) >= 11 is 0. The van der Waals surface area contributed by atoms with Crippen molar-refractivity contribution in [3.63, 3.8) is 0 Å². The van der Waals surface area contributed by atoms with Gasteiger partial charge in [-0.3, -0.25) is 0 Å². The minimum atomic E-state index is -0.791. The average Bonchev–Trinajstić information content (AvgIpc) is 2.76. The maximum Gasteiger partial charge on any atom is 0.326 e. The van der Waals surface area contributed by atoms with Gasteiger partial charge >= 0.3 is 5.97 Å². The Morgan fingerprint density at radius 2 is 2.19 bits per heavy atom. The summed E-state index contributed by atoms with van der Waals surface area (Å²) in [5.41, 5.74) is 3.24. The second-order valence-electron chi connectivity index (χ2n) is 4.26. The summed E-state index contributed by atoms with van der Waals surface area (Å²) in [7, 11) is 0. The number of rotatable bonds is 1. The van der Waals surface area contributed by atoms with Gasteiger partial charge in [-0.25, -0.2) is 4.79 Å². The summed E-state index contributed by atoms with van der Waals surface area (Å²) in [5, 5.41) is 12.1. The first kappa shape index (κ1) is 9.51. The number of fused-ring (bicyclic) bond motifs is 3. The molecule has 1 aromatic rings. The quantitative estimate of drug-likeness (QED) is 0.750. The van der Waals surface area contributed by atoms with Crippen molar-refractivity contribution in [2.24, 2.45) is 0 Å². The molecular weight excluding hydrogens is 206 g/mol. The molecule has 0 radical (unpaired) electrons. The number of aryl methyl sites for hydroxylation is 1. The van der Waals surface area contributed by atoms with Crippen LogP contribution in [0.1, 0.15) is 17.5 Å². The van der Waals surface area contributed by atoms with Crippen molar-refractivity contribution in [1.82, 2.24) is 0 Å². The van der Waals surface area contributed by atoms with Gasteiger partial charge in [-0.1, -0.05) is 12.1 Å². The van der Waals surface area contributed by atoms with Gasteiger partial charge in [0.2, 0.25) is 0 Å². The van der Waals surface area contributed by atoms with Gasteiger partial charge in [0.05, 0.1) is 12.3 Å². The van der Waals surface area contributed by atoms with Crippen LogP contribution in [-0.2, 0) is 17.6 Å². The normalized spacial score (nSPS) is 21.6. The molecule has 0 aliphatic carbocycles. The first-order valence-corrected chi connectivity index (χ1v) is 5.52. The fraction of sp³-hybridized carbons (Fsp3) is 0.417. The van der Waals surface area contributed by atoms with E-state index >= 15 is 0 Å². The monoisotopic (exact) mass is 219 g/mol. The molecule has 16 heavy (non-hydrogen) atoms. The highest BCUT2D eigenvalue weighted by atomic mass is 16.5. The number of anilines is 1. The Morgan fingerprint density at radius 1 is 1.38 bits per heavy atom. The topological polar surface area (TPSA) is 58.6 Å². The van der Waals surface area contributed by atoms with Crippen molar-refractivity contribution in [3.8, 4) is 5.75 Å². The van der Waals surface area contributed by atoms with Crippen LogP contribution < -0.4 is 10.1 Å². The van der Waals surface area contributed by atoms with E-state index in [1.54, 1.807) is 0 Å². The lowest BCUT2D eigenvalue weighted by Crippen LogP contribution is -2.33. The number of benzene rings is 1. The van der Waals surface area contributed by atoms with Crippen LogP contribution in [0.2, 0.25) is 0 Å². The van der Waals surface area contributed by atoms with E-state index in [2.05, 4.69) is 17.4 Å². The molecule has 0 aromatic heterocycles. The molecule has 0 saturated carbocycles. The molecule has 0 bridgehead atoms. The van der Waals surface area contributed by atoms with E-state index in [0.29, 0.717) is 13.0 Å². The number of carboxylic acid groups (broad SMARTS) is 1. The smallest absolute Gasteiger partial charge is 0.326 e. The Morgan fingerprint density at radius 3 is 3.00 bits per heavy atom. The van der Waals surface area contributed by atoms with E-state index in [9.17, 15) is 4.79 Å². The van der Waals surface area contributed by atoms with E-state index in [-0.39, 0.29) is 0 Å². The Labute approximate surface area is 93.2 Å². The molecule has 0 amide bonds. The van der Waals surface area contributed by atoms with Gasteiger partial charge in [0.25, 0.3) is 0 Å². The van der Waals surface area contributed by atoms with Crippen molar-refractivity contribution in [1.29, 1.82) is 0 Å². The standard InChI is InChI=1S/C12H13NO3/c14-12(15)9-4-3-7-1-2-8-5-6-16-11(8)10(7)13-9/h1-2,9,13H,3-6H2,(H,14,15). The molecule has 2 N–H and O–H groups in total. The fourth-order valence-corrected chi connectivity index (χ4v) is 2.39. The number of ether oxygens (including phenoxy) is 1. The van der Waals surface area contributed by atoms with Crippen molar-refractivity contribution >= 4 is 11.7 Å². The summed E-state index contributed by atoms with van der Waals surface area (Å²) in [4.78, 5) is 11.0. The molecule has 84 valence electrons. The van der Waals surface area contributed by atoms with Crippen molar-refractivity contribution in [3.05, 3.63) is 23.3 Å². The van der Waals surface area contributed by atoms with E-state index in [1.807, 2.05) is 0 Å². The average molecular weight is 219 g/mol. The van der Waals surface area contributed by atoms with Crippen LogP contribution in [0.4, 0.5) is 5.69 Å². The third kappa shape index (κ3) is 1.33. The summed E-state index contributed by atoms with van der Waals surface area (Å²) in [5.74, 6) is 0.0738. The van der Waals surface area contributed by atoms with E-state index in [4.69, 9.17) is 9.84 Å². The minimum Gasteiger partial charge on any atom is -0.491 e. The first-order valence-electron chi connectivity index (χ1n) is 5.52. The predicted molar refractivity (Wildman–Crippen MR) is 59.0 cm³/mol. The number of nitrogens with one attached hydrogen (secondary N) is 1. The van der Waals surface area contributed by atoms with Crippen LogP contribution in [-0.4, -0.2) is 23.7 Å². The Kier molecular flexibility index (Phi) is 2.02. The lowest BCUT2D eigenvalue weighted by atomic mass is 9.96.